The molecule has 0 spiro atoms. The number of hydrogen-bond acceptors (Lipinski definition) is 3. The first-order valence-corrected chi connectivity index (χ1v) is 5.38. The second kappa shape index (κ2) is 4.96. The molecule has 0 aromatic carbocycles. The van der Waals surface area contributed by atoms with Crippen molar-refractivity contribution in [3.8, 4) is 0 Å². The van der Waals surface area contributed by atoms with Crippen LogP contribution in [0.1, 0.15) is 49.9 Å². The summed E-state index contributed by atoms with van der Waals surface area (Å²) >= 11 is 0. The van der Waals surface area contributed by atoms with Crippen LogP contribution >= 0.6 is 0 Å². The molecule has 0 aliphatic rings. The third-order valence-electron chi connectivity index (χ3n) is 2.22. The largest absolute Gasteiger partial charge is 0.461 e. The lowest BCUT2D eigenvalue weighted by Crippen LogP contribution is -2.14. The summed E-state index contributed by atoms with van der Waals surface area (Å²) in [6.07, 6.45) is 1.65. The molecule has 0 aliphatic carbocycles. The molecule has 88 valence electrons. The fourth-order valence-corrected chi connectivity index (χ4v) is 1.47. The second-order valence-electron chi connectivity index (χ2n) is 3.94. The Morgan fingerprint density at radius 2 is 2.25 bits per heavy atom. The van der Waals surface area contributed by atoms with E-state index in [0.29, 0.717) is 18.0 Å². The lowest BCUT2D eigenvalue weighted by atomic mass is 10.2. The Hall–Kier alpha value is -1.58. The number of aromatic nitrogens is 2. The highest BCUT2D eigenvalue weighted by molar-refractivity contribution is 5.92. The summed E-state index contributed by atoms with van der Waals surface area (Å²) in [5.41, 5.74) is 1.87. The van der Waals surface area contributed by atoms with E-state index >= 15 is 0 Å². The third-order valence-corrected chi connectivity index (χ3v) is 2.22. The van der Waals surface area contributed by atoms with Crippen LogP contribution in [0.15, 0.2) is 12.9 Å². The molecule has 4 nitrogen and oxygen atoms in total. The smallest absolute Gasteiger partial charge is 0.357 e. The fourth-order valence-electron chi connectivity index (χ4n) is 1.47. The molecule has 0 bridgehead atoms. The normalized spacial score (nSPS) is 10.6. The SMILES string of the molecule is C=C(C)c1ncn(C(C)C)c1C(=O)OCC. The maximum atomic E-state index is 11.8. The molecule has 0 fully saturated rings. The van der Waals surface area contributed by atoms with E-state index in [1.807, 2.05) is 25.3 Å². The molecule has 1 aromatic rings. The molecule has 0 amide bonds. The third kappa shape index (κ3) is 2.32. The molecule has 0 radical (unpaired) electrons. The standard InChI is InChI=1S/C12H18N2O2/c1-6-16-12(15)11-10(8(2)3)13-7-14(11)9(4)5/h7,9H,2,6H2,1,3-5H3. The van der Waals surface area contributed by atoms with Crippen LogP contribution in [0.2, 0.25) is 0 Å². The molecule has 1 rings (SSSR count). The summed E-state index contributed by atoms with van der Waals surface area (Å²) in [7, 11) is 0. The van der Waals surface area contributed by atoms with Crippen molar-refractivity contribution in [2.45, 2.75) is 33.7 Å². The van der Waals surface area contributed by atoms with Gasteiger partial charge >= 0.3 is 5.97 Å². The van der Waals surface area contributed by atoms with Gasteiger partial charge in [0, 0.05) is 6.04 Å². The number of carbonyl (C=O) groups is 1. The van der Waals surface area contributed by atoms with Crippen LogP contribution in [-0.4, -0.2) is 22.1 Å². The Balaban J connectivity index is 3.24. The van der Waals surface area contributed by atoms with Gasteiger partial charge in [-0.2, -0.15) is 0 Å². The first kappa shape index (κ1) is 12.5. The fraction of sp³-hybridized carbons (Fsp3) is 0.500. The summed E-state index contributed by atoms with van der Waals surface area (Å²) in [4.78, 5) is 16.0. The first-order valence-electron chi connectivity index (χ1n) is 5.38. The van der Waals surface area contributed by atoms with E-state index in [4.69, 9.17) is 4.74 Å². The van der Waals surface area contributed by atoms with Crippen LogP contribution in [0, 0.1) is 0 Å². The van der Waals surface area contributed by atoms with Crippen molar-refractivity contribution in [2.24, 2.45) is 0 Å². The minimum Gasteiger partial charge on any atom is -0.461 e. The van der Waals surface area contributed by atoms with Gasteiger partial charge < -0.3 is 9.30 Å². The van der Waals surface area contributed by atoms with Crippen molar-refractivity contribution < 1.29 is 9.53 Å². The molecule has 0 atom stereocenters. The average Bonchev–Trinajstić information content (AvgIpc) is 2.61. The molecular formula is C12H18N2O2. The summed E-state index contributed by atoms with van der Waals surface area (Å²) in [6, 6.07) is 0.167. The van der Waals surface area contributed by atoms with Crippen LogP contribution in [-0.2, 0) is 4.74 Å². The van der Waals surface area contributed by atoms with Gasteiger partial charge in [0.05, 0.1) is 18.6 Å². The van der Waals surface area contributed by atoms with Crippen molar-refractivity contribution in [2.75, 3.05) is 6.61 Å². The van der Waals surface area contributed by atoms with Gasteiger partial charge in [-0.15, -0.1) is 0 Å². The highest BCUT2D eigenvalue weighted by Crippen LogP contribution is 2.20. The lowest BCUT2D eigenvalue weighted by molar-refractivity contribution is 0.0511. The minimum atomic E-state index is -0.341. The van der Waals surface area contributed by atoms with Crippen LogP contribution in [0.25, 0.3) is 5.57 Å². The minimum absolute atomic E-state index is 0.167. The van der Waals surface area contributed by atoms with Gasteiger partial charge in [0.2, 0.25) is 0 Å². The number of hydrogen-bond donors (Lipinski definition) is 0. The summed E-state index contributed by atoms with van der Waals surface area (Å²) in [5, 5.41) is 0. The summed E-state index contributed by atoms with van der Waals surface area (Å²) < 4.78 is 6.83. The second-order valence-corrected chi connectivity index (χ2v) is 3.94. The zero-order valence-corrected chi connectivity index (χ0v) is 10.3. The van der Waals surface area contributed by atoms with Crippen molar-refractivity contribution in [3.05, 3.63) is 24.3 Å². The Kier molecular flexibility index (Phi) is 3.88. The van der Waals surface area contributed by atoms with Crippen LogP contribution in [0.4, 0.5) is 0 Å². The van der Waals surface area contributed by atoms with E-state index < -0.39 is 0 Å². The number of allylic oxidation sites excluding steroid dienone is 1. The predicted octanol–water partition coefficient (Wildman–Crippen LogP) is 2.67. The molecule has 1 heterocycles. The molecule has 0 unspecified atom stereocenters. The molecular weight excluding hydrogens is 204 g/mol. The monoisotopic (exact) mass is 222 g/mol. The average molecular weight is 222 g/mol. The molecule has 1 aromatic heterocycles. The van der Waals surface area contributed by atoms with E-state index in [1.54, 1.807) is 13.3 Å². The predicted molar refractivity (Wildman–Crippen MR) is 63.3 cm³/mol. The quantitative estimate of drug-likeness (QED) is 0.736. The van der Waals surface area contributed by atoms with E-state index in [9.17, 15) is 4.79 Å². The molecule has 16 heavy (non-hydrogen) atoms. The first-order chi connectivity index (χ1) is 7.49. The topological polar surface area (TPSA) is 44.1 Å². The number of esters is 1. The Bertz CT molecular complexity index is 405. The number of rotatable bonds is 4. The number of carbonyl (C=O) groups excluding carboxylic acids is 1. The van der Waals surface area contributed by atoms with E-state index in [0.717, 1.165) is 5.57 Å². The lowest BCUT2D eigenvalue weighted by Gasteiger charge is -2.12. The van der Waals surface area contributed by atoms with Crippen molar-refractivity contribution >= 4 is 11.5 Å². The van der Waals surface area contributed by atoms with Gasteiger partial charge in [0.15, 0.2) is 5.69 Å². The van der Waals surface area contributed by atoms with Gasteiger partial charge in [0.25, 0.3) is 0 Å². The van der Waals surface area contributed by atoms with Crippen LogP contribution in [0.3, 0.4) is 0 Å². The van der Waals surface area contributed by atoms with Gasteiger partial charge in [-0.25, -0.2) is 9.78 Å². The van der Waals surface area contributed by atoms with E-state index in [1.165, 1.54) is 0 Å². The summed E-state index contributed by atoms with van der Waals surface area (Å²) in [6.45, 7) is 11.8. The molecule has 4 heteroatoms. The maximum absolute atomic E-state index is 11.8. The van der Waals surface area contributed by atoms with E-state index in [-0.39, 0.29) is 12.0 Å². The molecule has 0 aliphatic heterocycles. The van der Waals surface area contributed by atoms with Crippen molar-refractivity contribution in [1.82, 2.24) is 9.55 Å². The van der Waals surface area contributed by atoms with Gasteiger partial charge in [-0.3, -0.25) is 0 Å². The number of ether oxygens (including phenoxy) is 1. The zero-order valence-electron chi connectivity index (χ0n) is 10.3. The van der Waals surface area contributed by atoms with Crippen molar-refractivity contribution in [3.63, 3.8) is 0 Å². The van der Waals surface area contributed by atoms with Crippen LogP contribution < -0.4 is 0 Å². The van der Waals surface area contributed by atoms with E-state index in [2.05, 4.69) is 11.6 Å². The molecule has 0 N–H and O–H groups in total. The highest BCUT2D eigenvalue weighted by atomic mass is 16.5. The zero-order chi connectivity index (χ0) is 12.3. The van der Waals surface area contributed by atoms with Crippen molar-refractivity contribution in [1.29, 1.82) is 0 Å². The van der Waals surface area contributed by atoms with Crippen LogP contribution in [0.5, 0.6) is 0 Å². The molecule has 0 saturated heterocycles. The molecule has 0 saturated carbocycles. The highest BCUT2D eigenvalue weighted by Gasteiger charge is 2.21. The Morgan fingerprint density at radius 3 is 2.69 bits per heavy atom. The number of nitrogens with zero attached hydrogens (tertiary/aromatic N) is 2. The maximum Gasteiger partial charge on any atom is 0.357 e. The van der Waals surface area contributed by atoms with Gasteiger partial charge in [0.1, 0.15) is 0 Å². The number of imidazole rings is 1. The Labute approximate surface area is 95.9 Å². The summed E-state index contributed by atoms with van der Waals surface area (Å²) in [5.74, 6) is -0.341. The van der Waals surface area contributed by atoms with Gasteiger partial charge in [-0.1, -0.05) is 6.58 Å². The Morgan fingerprint density at radius 1 is 1.62 bits per heavy atom. The van der Waals surface area contributed by atoms with Gasteiger partial charge in [-0.05, 0) is 33.3 Å².